The van der Waals surface area contributed by atoms with E-state index >= 15 is 0 Å². The second-order valence-corrected chi connectivity index (χ2v) is 4.15. The molecule has 0 radical (unpaired) electrons. The summed E-state index contributed by atoms with van der Waals surface area (Å²) in [6.07, 6.45) is 3.01. The summed E-state index contributed by atoms with van der Waals surface area (Å²) < 4.78 is 26.6. The van der Waals surface area contributed by atoms with Gasteiger partial charge in [-0.3, -0.25) is 0 Å². The van der Waals surface area contributed by atoms with Crippen molar-refractivity contribution in [2.24, 2.45) is 0 Å². The van der Waals surface area contributed by atoms with Gasteiger partial charge in [0.2, 0.25) is 0 Å². The van der Waals surface area contributed by atoms with Gasteiger partial charge in [-0.2, -0.15) is 0 Å². The summed E-state index contributed by atoms with van der Waals surface area (Å²) in [5.41, 5.74) is 0.941. The normalized spacial score (nSPS) is 10.3. The number of anilines is 1. The van der Waals surface area contributed by atoms with Gasteiger partial charge < -0.3 is 5.32 Å². The molecule has 0 fully saturated rings. The lowest BCUT2D eigenvalue weighted by atomic mass is 10.3. The Balaban J connectivity index is 2.12. The number of hydrogen-bond acceptors (Lipinski definition) is 3. The average molecular weight is 300 g/mol. The van der Waals surface area contributed by atoms with E-state index in [1.54, 1.807) is 12.3 Å². The lowest BCUT2D eigenvalue weighted by Gasteiger charge is -2.07. The van der Waals surface area contributed by atoms with E-state index in [4.69, 9.17) is 0 Å². The molecule has 0 amide bonds. The average Bonchev–Trinajstić information content (AvgIpc) is 2.33. The first kappa shape index (κ1) is 11.9. The van der Waals surface area contributed by atoms with Crippen molar-refractivity contribution in [3.8, 4) is 0 Å². The number of halogens is 3. The van der Waals surface area contributed by atoms with Crippen molar-refractivity contribution >= 4 is 21.6 Å². The first-order valence-corrected chi connectivity index (χ1v) is 5.59. The van der Waals surface area contributed by atoms with Crippen LogP contribution in [-0.2, 0) is 6.54 Å². The van der Waals surface area contributed by atoms with Gasteiger partial charge in [-0.15, -0.1) is 0 Å². The molecule has 6 heteroatoms. The van der Waals surface area contributed by atoms with Crippen LogP contribution in [0.1, 0.15) is 5.69 Å². The summed E-state index contributed by atoms with van der Waals surface area (Å²) >= 11 is 3.00. The zero-order valence-electron chi connectivity index (χ0n) is 8.62. The number of nitrogens with zero attached hydrogens (tertiary/aromatic N) is 2. The Kier molecular flexibility index (Phi) is 3.63. The molecule has 0 aliphatic carbocycles. The summed E-state index contributed by atoms with van der Waals surface area (Å²) in [7, 11) is 0. The fraction of sp³-hybridized carbons (Fsp3) is 0.0909. The highest BCUT2D eigenvalue weighted by molar-refractivity contribution is 9.10. The molecule has 0 aliphatic rings. The predicted octanol–water partition coefficient (Wildman–Crippen LogP) is 3.13. The molecular formula is C11H8BrF2N3. The smallest absolute Gasteiger partial charge is 0.149 e. The van der Waals surface area contributed by atoms with Crippen LogP contribution in [0.2, 0.25) is 0 Å². The van der Waals surface area contributed by atoms with E-state index < -0.39 is 11.6 Å². The van der Waals surface area contributed by atoms with Gasteiger partial charge in [-0.25, -0.2) is 18.7 Å². The Labute approximate surface area is 105 Å². The fourth-order valence-corrected chi connectivity index (χ4v) is 1.61. The molecule has 0 saturated carbocycles. The van der Waals surface area contributed by atoms with E-state index in [0.29, 0.717) is 6.54 Å². The lowest BCUT2D eigenvalue weighted by molar-refractivity contribution is 0.580. The van der Waals surface area contributed by atoms with Gasteiger partial charge in [0.05, 0.1) is 22.4 Å². The summed E-state index contributed by atoms with van der Waals surface area (Å²) in [5, 5.41) is 2.84. The third-order valence-electron chi connectivity index (χ3n) is 2.11. The fourth-order valence-electron chi connectivity index (χ4n) is 1.27. The second-order valence-electron chi connectivity index (χ2n) is 3.30. The minimum Gasteiger partial charge on any atom is -0.377 e. The number of rotatable bonds is 3. The highest BCUT2D eigenvalue weighted by Gasteiger charge is 2.07. The first-order valence-electron chi connectivity index (χ1n) is 4.80. The van der Waals surface area contributed by atoms with Crippen LogP contribution in [0.3, 0.4) is 0 Å². The zero-order chi connectivity index (χ0) is 12.3. The van der Waals surface area contributed by atoms with E-state index in [-0.39, 0.29) is 10.2 Å². The SMILES string of the molecule is Fc1cc(F)c(NCc2ccncn2)cc1Br. The Hall–Kier alpha value is -1.56. The van der Waals surface area contributed by atoms with Crippen LogP contribution in [0.15, 0.2) is 35.2 Å². The first-order chi connectivity index (χ1) is 8.16. The highest BCUT2D eigenvalue weighted by Crippen LogP contribution is 2.23. The molecule has 0 spiro atoms. The minimum atomic E-state index is -0.639. The van der Waals surface area contributed by atoms with Gasteiger partial charge in [-0.1, -0.05) is 0 Å². The maximum atomic E-state index is 13.4. The third kappa shape index (κ3) is 2.97. The van der Waals surface area contributed by atoms with Gasteiger partial charge >= 0.3 is 0 Å². The standard InChI is InChI=1S/C11H8BrF2N3/c12-8-3-11(10(14)4-9(8)13)16-5-7-1-2-15-6-17-7/h1-4,6,16H,5H2. The van der Waals surface area contributed by atoms with Gasteiger partial charge in [0.15, 0.2) is 0 Å². The number of hydrogen-bond donors (Lipinski definition) is 1. The van der Waals surface area contributed by atoms with Crippen molar-refractivity contribution in [2.45, 2.75) is 6.54 Å². The molecular weight excluding hydrogens is 292 g/mol. The van der Waals surface area contributed by atoms with Crippen molar-refractivity contribution < 1.29 is 8.78 Å². The Morgan fingerprint density at radius 2 is 2.06 bits per heavy atom. The molecule has 0 atom stereocenters. The molecule has 0 unspecified atom stereocenters. The van der Waals surface area contributed by atoms with E-state index in [1.807, 2.05) is 0 Å². The zero-order valence-corrected chi connectivity index (χ0v) is 10.2. The Bertz CT molecular complexity index is 520. The van der Waals surface area contributed by atoms with Crippen LogP contribution in [0.4, 0.5) is 14.5 Å². The van der Waals surface area contributed by atoms with Crippen molar-refractivity contribution in [2.75, 3.05) is 5.32 Å². The molecule has 88 valence electrons. The van der Waals surface area contributed by atoms with E-state index in [9.17, 15) is 8.78 Å². The quantitative estimate of drug-likeness (QED) is 0.885. The van der Waals surface area contributed by atoms with Crippen LogP contribution >= 0.6 is 15.9 Å². The molecule has 17 heavy (non-hydrogen) atoms. The Morgan fingerprint density at radius 3 is 2.76 bits per heavy atom. The topological polar surface area (TPSA) is 37.8 Å². The lowest BCUT2D eigenvalue weighted by Crippen LogP contribution is -2.03. The number of aromatic nitrogens is 2. The Morgan fingerprint density at radius 1 is 1.24 bits per heavy atom. The molecule has 1 heterocycles. The molecule has 0 bridgehead atoms. The third-order valence-corrected chi connectivity index (χ3v) is 2.72. The number of nitrogens with one attached hydrogen (secondary N) is 1. The van der Waals surface area contributed by atoms with Crippen LogP contribution in [0.5, 0.6) is 0 Å². The van der Waals surface area contributed by atoms with Gasteiger partial charge in [0.1, 0.15) is 18.0 Å². The number of benzene rings is 1. The van der Waals surface area contributed by atoms with E-state index in [1.165, 1.54) is 12.4 Å². The summed E-state index contributed by atoms with van der Waals surface area (Å²) in [4.78, 5) is 7.76. The van der Waals surface area contributed by atoms with Crippen molar-refractivity contribution in [3.05, 3.63) is 52.5 Å². The maximum Gasteiger partial charge on any atom is 0.149 e. The van der Waals surface area contributed by atoms with Crippen molar-refractivity contribution in [3.63, 3.8) is 0 Å². The van der Waals surface area contributed by atoms with Gasteiger partial charge in [-0.05, 0) is 28.1 Å². The largest absolute Gasteiger partial charge is 0.377 e. The monoisotopic (exact) mass is 299 g/mol. The molecule has 2 rings (SSSR count). The summed E-state index contributed by atoms with van der Waals surface area (Å²) in [6, 6.07) is 3.89. The minimum absolute atomic E-state index is 0.212. The predicted molar refractivity (Wildman–Crippen MR) is 63.4 cm³/mol. The van der Waals surface area contributed by atoms with Crippen LogP contribution in [-0.4, -0.2) is 9.97 Å². The highest BCUT2D eigenvalue weighted by atomic mass is 79.9. The summed E-state index contributed by atoms with van der Waals surface area (Å²) in [5.74, 6) is -1.27. The molecule has 0 aliphatic heterocycles. The van der Waals surface area contributed by atoms with Crippen LogP contribution < -0.4 is 5.32 Å². The van der Waals surface area contributed by atoms with E-state index in [0.717, 1.165) is 11.8 Å². The van der Waals surface area contributed by atoms with Crippen molar-refractivity contribution in [1.82, 2.24) is 9.97 Å². The summed E-state index contributed by atoms with van der Waals surface area (Å²) in [6.45, 7) is 0.345. The molecule has 1 N–H and O–H groups in total. The van der Waals surface area contributed by atoms with Gasteiger partial charge in [0.25, 0.3) is 0 Å². The molecule has 3 nitrogen and oxygen atoms in total. The van der Waals surface area contributed by atoms with Crippen LogP contribution in [0, 0.1) is 11.6 Å². The molecule has 1 aromatic heterocycles. The molecule has 1 aromatic carbocycles. The molecule has 2 aromatic rings. The van der Waals surface area contributed by atoms with E-state index in [2.05, 4.69) is 31.2 Å². The maximum absolute atomic E-state index is 13.4. The van der Waals surface area contributed by atoms with Crippen LogP contribution in [0.25, 0.3) is 0 Å². The second kappa shape index (κ2) is 5.18. The van der Waals surface area contributed by atoms with Gasteiger partial charge in [0, 0.05) is 12.3 Å². The van der Waals surface area contributed by atoms with Crippen molar-refractivity contribution in [1.29, 1.82) is 0 Å². The molecule has 0 saturated heterocycles.